The molecular formula is C17H23ClN4O2S. The van der Waals surface area contributed by atoms with Gasteiger partial charge in [-0.1, -0.05) is 23.4 Å². The number of amides is 1. The molecule has 1 fully saturated rings. The SMILES string of the molecule is CSc1nc(Cl)c2c(C)cn(C3CCN(C(=O)OC(C)(C)C)C3)c2n1. The number of ether oxygens (including phenoxy) is 1. The Balaban J connectivity index is 1.88. The van der Waals surface area contributed by atoms with Crippen molar-refractivity contribution < 1.29 is 9.53 Å². The van der Waals surface area contributed by atoms with Crippen LogP contribution in [0.4, 0.5) is 4.79 Å². The first-order valence-electron chi connectivity index (χ1n) is 8.26. The van der Waals surface area contributed by atoms with Crippen LogP contribution in [0, 0.1) is 6.92 Å². The Bertz CT molecular complexity index is 815. The third-order valence-corrected chi connectivity index (χ3v) is 5.01. The lowest BCUT2D eigenvalue weighted by atomic mass is 10.2. The lowest BCUT2D eigenvalue weighted by Gasteiger charge is -2.24. The molecule has 8 heteroatoms. The molecule has 136 valence electrons. The van der Waals surface area contributed by atoms with Gasteiger partial charge in [0.15, 0.2) is 5.16 Å². The quantitative estimate of drug-likeness (QED) is 0.440. The van der Waals surface area contributed by atoms with E-state index in [2.05, 4.69) is 20.7 Å². The van der Waals surface area contributed by atoms with Crippen LogP contribution in [0.1, 0.15) is 38.8 Å². The van der Waals surface area contributed by atoms with Crippen LogP contribution in [0.25, 0.3) is 11.0 Å². The molecule has 6 nitrogen and oxygen atoms in total. The highest BCUT2D eigenvalue weighted by molar-refractivity contribution is 7.98. The normalized spacial score (nSPS) is 18.2. The summed E-state index contributed by atoms with van der Waals surface area (Å²) in [4.78, 5) is 23.0. The molecule has 1 aliphatic rings. The zero-order valence-corrected chi connectivity index (χ0v) is 16.7. The molecule has 0 aromatic carbocycles. The summed E-state index contributed by atoms with van der Waals surface area (Å²) in [5.41, 5.74) is 1.39. The Morgan fingerprint density at radius 3 is 2.76 bits per heavy atom. The monoisotopic (exact) mass is 382 g/mol. The third kappa shape index (κ3) is 3.72. The molecule has 1 atom stereocenters. The molecule has 2 aromatic rings. The summed E-state index contributed by atoms with van der Waals surface area (Å²) in [6, 6.07) is 0.157. The molecule has 1 aliphatic heterocycles. The largest absolute Gasteiger partial charge is 0.444 e. The maximum Gasteiger partial charge on any atom is 0.410 e. The molecular weight excluding hydrogens is 360 g/mol. The second-order valence-electron chi connectivity index (χ2n) is 7.29. The Kier molecular flexibility index (Phi) is 4.90. The zero-order valence-electron chi connectivity index (χ0n) is 15.2. The first kappa shape index (κ1) is 18.3. The van der Waals surface area contributed by atoms with Crippen molar-refractivity contribution in [1.82, 2.24) is 19.4 Å². The fourth-order valence-electron chi connectivity index (χ4n) is 3.09. The molecule has 0 spiro atoms. The second-order valence-corrected chi connectivity index (χ2v) is 8.42. The van der Waals surface area contributed by atoms with Crippen molar-refractivity contribution in [3.8, 4) is 0 Å². The van der Waals surface area contributed by atoms with Crippen LogP contribution >= 0.6 is 23.4 Å². The third-order valence-electron chi connectivity index (χ3n) is 4.19. The molecule has 0 radical (unpaired) electrons. The van der Waals surface area contributed by atoms with E-state index >= 15 is 0 Å². The Hall–Kier alpha value is -1.47. The van der Waals surface area contributed by atoms with E-state index in [1.54, 1.807) is 4.90 Å². The lowest BCUT2D eigenvalue weighted by molar-refractivity contribution is 0.0289. The highest BCUT2D eigenvalue weighted by Crippen LogP contribution is 2.33. The van der Waals surface area contributed by atoms with Crippen molar-refractivity contribution in [2.24, 2.45) is 0 Å². The predicted octanol–water partition coefficient (Wildman–Crippen LogP) is 4.30. The van der Waals surface area contributed by atoms with Gasteiger partial charge in [-0.25, -0.2) is 14.8 Å². The van der Waals surface area contributed by atoms with E-state index in [-0.39, 0.29) is 12.1 Å². The Morgan fingerprint density at radius 2 is 2.12 bits per heavy atom. The molecule has 1 saturated heterocycles. The Labute approximate surface area is 156 Å². The number of thioether (sulfide) groups is 1. The van der Waals surface area contributed by atoms with Gasteiger partial charge in [-0.2, -0.15) is 0 Å². The number of aryl methyl sites for hydroxylation is 1. The molecule has 2 aromatic heterocycles. The molecule has 0 bridgehead atoms. The number of carbonyl (C=O) groups is 1. The average Bonchev–Trinajstić information content (AvgIpc) is 3.10. The number of likely N-dealkylation sites (tertiary alicyclic amines) is 1. The average molecular weight is 383 g/mol. The summed E-state index contributed by atoms with van der Waals surface area (Å²) in [7, 11) is 0. The maximum atomic E-state index is 12.3. The van der Waals surface area contributed by atoms with E-state index in [1.165, 1.54) is 11.8 Å². The van der Waals surface area contributed by atoms with Gasteiger partial charge in [0.25, 0.3) is 0 Å². The smallest absolute Gasteiger partial charge is 0.410 e. The van der Waals surface area contributed by atoms with Crippen molar-refractivity contribution in [2.75, 3.05) is 19.3 Å². The maximum absolute atomic E-state index is 12.3. The molecule has 3 rings (SSSR count). The van der Waals surface area contributed by atoms with Gasteiger partial charge in [0.05, 0.1) is 11.4 Å². The van der Waals surface area contributed by atoms with Crippen molar-refractivity contribution in [2.45, 2.75) is 50.9 Å². The van der Waals surface area contributed by atoms with Crippen molar-refractivity contribution in [1.29, 1.82) is 0 Å². The highest BCUT2D eigenvalue weighted by Gasteiger charge is 2.32. The summed E-state index contributed by atoms with van der Waals surface area (Å²) in [5, 5.41) is 2.02. The number of fused-ring (bicyclic) bond motifs is 1. The van der Waals surface area contributed by atoms with Crippen LogP contribution in [0.2, 0.25) is 5.15 Å². The van der Waals surface area contributed by atoms with E-state index in [1.807, 2.05) is 34.0 Å². The van der Waals surface area contributed by atoms with Gasteiger partial charge in [0, 0.05) is 19.3 Å². The Morgan fingerprint density at radius 1 is 1.40 bits per heavy atom. The van der Waals surface area contributed by atoms with Gasteiger partial charge in [0.2, 0.25) is 0 Å². The first-order chi connectivity index (χ1) is 11.7. The highest BCUT2D eigenvalue weighted by atomic mass is 35.5. The van der Waals surface area contributed by atoms with Gasteiger partial charge in [0.1, 0.15) is 16.4 Å². The molecule has 0 N–H and O–H groups in total. The number of halogens is 1. The zero-order chi connectivity index (χ0) is 18.4. The van der Waals surface area contributed by atoms with Crippen molar-refractivity contribution in [3.63, 3.8) is 0 Å². The van der Waals surface area contributed by atoms with Gasteiger partial charge >= 0.3 is 6.09 Å². The van der Waals surface area contributed by atoms with E-state index in [4.69, 9.17) is 16.3 Å². The van der Waals surface area contributed by atoms with E-state index < -0.39 is 5.60 Å². The summed E-state index contributed by atoms with van der Waals surface area (Å²) in [5.74, 6) is 0. The molecule has 1 amide bonds. The standard InChI is InChI=1S/C17H23ClN4O2S/c1-10-8-22(14-12(10)13(18)19-15(20-14)25-5)11-6-7-21(9-11)16(23)24-17(2,3)4/h8,11H,6-7,9H2,1-5H3. The van der Waals surface area contributed by atoms with Crippen molar-refractivity contribution >= 4 is 40.5 Å². The number of hydrogen-bond acceptors (Lipinski definition) is 5. The minimum Gasteiger partial charge on any atom is -0.444 e. The van der Waals surface area contributed by atoms with E-state index in [0.29, 0.717) is 23.4 Å². The first-order valence-corrected chi connectivity index (χ1v) is 9.86. The van der Waals surface area contributed by atoms with E-state index in [0.717, 1.165) is 23.0 Å². The van der Waals surface area contributed by atoms with Crippen LogP contribution in [-0.2, 0) is 4.74 Å². The van der Waals surface area contributed by atoms with Crippen molar-refractivity contribution in [3.05, 3.63) is 16.9 Å². The fourth-order valence-corrected chi connectivity index (χ4v) is 3.82. The molecule has 3 heterocycles. The summed E-state index contributed by atoms with van der Waals surface area (Å²) < 4.78 is 7.61. The minimum absolute atomic E-state index is 0.157. The van der Waals surface area contributed by atoms with Crippen LogP contribution in [-0.4, -0.2) is 50.5 Å². The van der Waals surface area contributed by atoms with Gasteiger partial charge < -0.3 is 14.2 Å². The van der Waals surface area contributed by atoms with Crippen LogP contribution in [0.3, 0.4) is 0 Å². The number of rotatable bonds is 2. The molecule has 1 unspecified atom stereocenters. The summed E-state index contributed by atoms with van der Waals surface area (Å²) in [6.45, 7) is 8.92. The number of nitrogens with zero attached hydrogens (tertiary/aromatic N) is 4. The molecule has 25 heavy (non-hydrogen) atoms. The molecule has 0 aliphatic carbocycles. The van der Waals surface area contributed by atoms with Crippen LogP contribution in [0.5, 0.6) is 0 Å². The number of aromatic nitrogens is 3. The van der Waals surface area contributed by atoms with Gasteiger partial charge in [-0.15, -0.1) is 0 Å². The topological polar surface area (TPSA) is 60.2 Å². The second kappa shape index (κ2) is 6.68. The minimum atomic E-state index is -0.486. The predicted molar refractivity (Wildman–Crippen MR) is 101 cm³/mol. The van der Waals surface area contributed by atoms with Crippen LogP contribution in [0.15, 0.2) is 11.4 Å². The number of hydrogen-bond donors (Lipinski definition) is 0. The molecule has 0 saturated carbocycles. The summed E-state index contributed by atoms with van der Waals surface area (Å²) in [6.07, 6.45) is 4.58. The van der Waals surface area contributed by atoms with Gasteiger partial charge in [-0.05, 0) is 45.9 Å². The van der Waals surface area contributed by atoms with Crippen LogP contribution < -0.4 is 0 Å². The number of carbonyl (C=O) groups excluding carboxylic acids is 1. The van der Waals surface area contributed by atoms with E-state index in [9.17, 15) is 4.79 Å². The van der Waals surface area contributed by atoms with Gasteiger partial charge in [-0.3, -0.25) is 0 Å². The fraction of sp³-hybridized carbons (Fsp3) is 0.588. The lowest BCUT2D eigenvalue weighted by Crippen LogP contribution is -2.35. The summed E-state index contributed by atoms with van der Waals surface area (Å²) >= 11 is 7.82.